The van der Waals surface area contributed by atoms with Crippen molar-refractivity contribution in [3.05, 3.63) is 28.0 Å². The summed E-state index contributed by atoms with van der Waals surface area (Å²) in [5, 5.41) is 11.6. The smallest absolute Gasteiger partial charge is 0.171 e. The molecule has 7 heteroatoms. The minimum absolute atomic E-state index is 0.121. The van der Waals surface area contributed by atoms with Crippen LogP contribution in [0.25, 0.3) is 0 Å². The largest absolute Gasteiger partial charge is 0.409 e. The minimum atomic E-state index is -0.393. The summed E-state index contributed by atoms with van der Waals surface area (Å²) in [6.07, 6.45) is 2.45. The standard InChI is InChI=1S/C13H15BrFN3O2/c14-11-9(13(16)17-19)3-4-10(12(11)15)18-5-7-1-2-8(6-18)20-7/h3-4,7-8,19H,1-2,5-6H2,(H2,16,17). The lowest BCUT2D eigenvalue weighted by molar-refractivity contribution is 0.0303. The number of ether oxygens (including phenoxy) is 1. The summed E-state index contributed by atoms with van der Waals surface area (Å²) in [5.41, 5.74) is 6.37. The monoisotopic (exact) mass is 343 g/mol. The molecule has 0 amide bonds. The van der Waals surface area contributed by atoms with Gasteiger partial charge in [-0.2, -0.15) is 0 Å². The molecule has 2 aliphatic heterocycles. The van der Waals surface area contributed by atoms with Gasteiger partial charge in [0.15, 0.2) is 11.7 Å². The molecule has 5 nitrogen and oxygen atoms in total. The van der Waals surface area contributed by atoms with Crippen molar-refractivity contribution in [2.45, 2.75) is 25.0 Å². The lowest BCUT2D eigenvalue weighted by Crippen LogP contribution is -2.43. The van der Waals surface area contributed by atoms with E-state index in [0.29, 0.717) is 24.3 Å². The van der Waals surface area contributed by atoms with E-state index in [9.17, 15) is 4.39 Å². The summed E-state index contributed by atoms with van der Waals surface area (Å²) in [4.78, 5) is 2.00. The Morgan fingerprint density at radius 2 is 2.05 bits per heavy atom. The second kappa shape index (κ2) is 5.21. The molecular formula is C13H15BrFN3O2. The summed E-state index contributed by atoms with van der Waals surface area (Å²) in [5.74, 6) is -0.514. The van der Waals surface area contributed by atoms with Crippen molar-refractivity contribution in [1.82, 2.24) is 0 Å². The third kappa shape index (κ3) is 2.25. The normalized spacial score (nSPS) is 26.1. The molecule has 108 valence electrons. The van der Waals surface area contributed by atoms with E-state index in [4.69, 9.17) is 15.7 Å². The third-order valence-corrected chi connectivity index (χ3v) is 4.61. The van der Waals surface area contributed by atoms with Gasteiger partial charge in [-0.15, -0.1) is 0 Å². The van der Waals surface area contributed by atoms with E-state index in [1.54, 1.807) is 12.1 Å². The molecule has 2 aliphatic rings. The predicted octanol–water partition coefficient (Wildman–Crippen LogP) is 2.05. The summed E-state index contributed by atoms with van der Waals surface area (Å²) in [7, 11) is 0. The van der Waals surface area contributed by atoms with E-state index in [0.717, 1.165) is 12.8 Å². The van der Waals surface area contributed by atoms with Crippen molar-refractivity contribution in [3.8, 4) is 0 Å². The molecular weight excluding hydrogens is 329 g/mol. The number of benzene rings is 1. The Labute approximate surface area is 124 Å². The lowest BCUT2D eigenvalue weighted by atomic mass is 10.1. The number of oxime groups is 1. The van der Waals surface area contributed by atoms with Crippen LogP contribution in [0.3, 0.4) is 0 Å². The average Bonchev–Trinajstić information content (AvgIpc) is 2.79. The van der Waals surface area contributed by atoms with Crippen LogP contribution >= 0.6 is 15.9 Å². The fraction of sp³-hybridized carbons (Fsp3) is 0.462. The summed E-state index contributed by atoms with van der Waals surface area (Å²) in [6, 6.07) is 3.31. The molecule has 1 aromatic carbocycles. The first-order valence-corrected chi connectivity index (χ1v) is 7.25. The number of halogens is 2. The molecule has 0 aliphatic carbocycles. The average molecular weight is 344 g/mol. The maximum Gasteiger partial charge on any atom is 0.171 e. The maximum absolute atomic E-state index is 14.5. The molecule has 2 saturated heterocycles. The topological polar surface area (TPSA) is 71.1 Å². The molecule has 0 saturated carbocycles. The Balaban J connectivity index is 1.93. The van der Waals surface area contributed by atoms with Crippen LogP contribution in [0.2, 0.25) is 0 Å². The van der Waals surface area contributed by atoms with E-state index in [2.05, 4.69) is 21.1 Å². The van der Waals surface area contributed by atoms with Crippen molar-refractivity contribution in [3.63, 3.8) is 0 Å². The van der Waals surface area contributed by atoms with Crippen LogP contribution < -0.4 is 10.6 Å². The summed E-state index contributed by atoms with van der Waals surface area (Å²) in [6.45, 7) is 1.39. The van der Waals surface area contributed by atoms with Crippen LogP contribution in [-0.2, 0) is 4.74 Å². The van der Waals surface area contributed by atoms with Gasteiger partial charge < -0.3 is 20.6 Å². The molecule has 2 unspecified atom stereocenters. The molecule has 3 rings (SSSR count). The third-order valence-electron chi connectivity index (χ3n) is 3.83. The number of nitrogens with two attached hydrogens (primary N) is 1. The van der Waals surface area contributed by atoms with Crippen molar-refractivity contribution in [1.29, 1.82) is 0 Å². The van der Waals surface area contributed by atoms with Gasteiger partial charge in [-0.25, -0.2) is 4.39 Å². The van der Waals surface area contributed by atoms with E-state index in [1.165, 1.54) is 0 Å². The molecule has 1 aromatic rings. The number of nitrogens with zero attached hydrogens (tertiary/aromatic N) is 2. The van der Waals surface area contributed by atoms with Gasteiger partial charge in [0.05, 0.1) is 22.4 Å². The highest BCUT2D eigenvalue weighted by atomic mass is 79.9. The Morgan fingerprint density at radius 1 is 1.40 bits per heavy atom. The number of fused-ring (bicyclic) bond motifs is 2. The van der Waals surface area contributed by atoms with E-state index in [-0.39, 0.29) is 22.5 Å². The second-order valence-corrected chi connectivity index (χ2v) is 5.90. The van der Waals surface area contributed by atoms with Gasteiger partial charge in [0.2, 0.25) is 0 Å². The molecule has 20 heavy (non-hydrogen) atoms. The number of rotatable bonds is 2. The quantitative estimate of drug-likeness (QED) is 0.373. The zero-order valence-corrected chi connectivity index (χ0v) is 12.3. The van der Waals surface area contributed by atoms with Gasteiger partial charge in [0.25, 0.3) is 0 Å². The SMILES string of the molecule is N/C(=N/O)c1ccc(N2CC3CCC(C2)O3)c(F)c1Br. The van der Waals surface area contributed by atoms with Crippen LogP contribution in [0, 0.1) is 5.82 Å². The Kier molecular flexibility index (Phi) is 3.55. The highest BCUT2D eigenvalue weighted by Crippen LogP contribution is 2.34. The van der Waals surface area contributed by atoms with Gasteiger partial charge in [0.1, 0.15) is 0 Å². The number of hydrogen-bond acceptors (Lipinski definition) is 4. The Morgan fingerprint density at radius 3 is 2.65 bits per heavy atom. The Bertz CT molecular complexity index is 555. The van der Waals surface area contributed by atoms with Crippen molar-refractivity contribution in [2.24, 2.45) is 10.9 Å². The van der Waals surface area contributed by atoms with Crippen LogP contribution in [0.4, 0.5) is 10.1 Å². The molecule has 0 aromatic heterocycles. The van der Waals surface area contributed by atoms with Gasteiger partial charge in [0, 0.05) is 18.7 Å². The van der Waals surface area contributed by atoms with Gasteiger partial charge >= 0.3 is 0 Å². The van der Waals surface area contributed by atoms with Gasteiger partial charge in [-0.1, -0.05) is 5.16 Å². The molecule has 2 fully saturated rings. The summed E-state index contributed by atoms with van der Waals surface area (Å²) < 4.78 is 20.5. The van der Waals surface area contributed by atoms with Crippen molar-refractivity contribution in [2.75, 3.05) is 18.0 Å². The Hall–Kier alpha value is -1.34. The van der Waals surface area contributed by atoms with E-state index >= 15 is 0 Å². The van der Waals surface area contributed by atoms with Crippen LogP contribution in [0.1, 0.15) is 18.4 Å². The van der Waals surface area contributed by atoms with Crippen molar-refractivity contribution >= 4 is 27.5 Å². The first kappa shape index (κ1) is 13.6. The number of hydrogen-bond donors (Lipinski definition) is 2. The van der Waals surface area contributed by atoms with E-state index in [1.807, 2.05) is 4.90 Å². The van der Waals surface area contributed by atoms with E-state index < -0.39 is 5.82 Å². The van der Waals surface area contributed by atoms with Crippen LogP contribution in [0.5, 0.6) is 0 Å². The maximum atomic E-state index is 14.5. The van der Waals surface area contributed by atoms with Crippen molar-refractivity contribution < 1.29 is 14.3 Å². The van der Waals surface area contributed by atoms with Gasteiger partial charge in [-0.05, 0) is 40.9 Å². The molecule has 3 N–H and O–H groups in total. The first-order valence-electron chi connectivity index (χ1n) is 6.46. The highest BCUT2D eigenvalue weighted by molar-refractivity contribution is 9.10. The summed E-state index contributed by atoms with van der Waals surface area (Å²) >= 11 is 3.18. The first-order chi connectivity index (χ1) is 9.60. The lowest BCUT2D eigenvalue weighted by Gasteiger charge is -2.34. The number of morpholine rings is 1. The fourth-order valence-electron chi connectivity index (χ4n) is 2.85. The number of anilines is 1. The zero-order chi connectivity index (χ0) is 14.3. The zero-order valence-electron chi connectivity index (χ0n) is 10.7. The van der Waals surface area contributed by atoms with Crippen LogP contribution in [0.15, 0.2) is 21.8 Å². The fourth-order valence-corrected chi connectivity index (χ4v) is 3.39. The highest BCUT2D eigenvalue weighted by Gasteiger charge is 2.35. The minimum Gasteiger partial charge on any atom is -0.409 e. The van der Waals surface area contributed by atoms with Gasteiger partial charge in [-0.3, -0.25) is 0 Å². The molecule has 0 spiro atoms. The molecule has 2 atom stereocenters. The molecule has 2 bridgehead atoms. The second-order valence-electron chi connectivity index (χ2n) is 5.11. The predicted molar refractivity (Wildman–Crippen MR) is 76.7 cm³/mol. The molecule has 2 heterocycles. The molecule has 0 radical (unpaired) electrons. The number of amidine groups is 1. The van der Waals surface area contributed by atoms with Crippen LogP contribution in [-0.4, -0.2) is 36.3 Å².